The molecular formula is C28H32F2N6O2. The highest BCUT2D eigenvalue weighted by molar-refractivity contribution is 5.88. The molecule has 10 heteroatoms. The zero-order valence-corrected chi connectivity index (χ0v) is 22.1. The first-order valence-electron chi connectivity index (χ1n) is 13.0. The lowest BCUT2D eigenvalue weighted by Crippen LogP contribution is -2.31. The fourth-order valence-electron chi connectivity index (χ4n) is 5.11. The summed E-state index contributed by atoms with van der Waals surface area (Å²) in [6.07, 6.45) is 2.12. The minimum atomic E-state index is -1.43. The molecule has 1 aliphatic heterocycles. The largest absolute Gasteiger partial charge is 0.481 e. The lowest BCUT2D eigenvalue weighted by Gasteiger charge is -2.21. The topological polar surface area (TPSA) is 96.2 Å². The van der Waals surface area contributed by atoms with Crippen molar-refractivity contribution >= 4 is 16.9 Å². The van der Waals surface area contributed by atoms with Gasteiger partial charge in [0.15, 0.2) is 5.65 Å². The zero-order valence-electron chi connectivity index (χ0n) is 22.1. The van der Waals surface area contributed by atoms with Gasteiger partial charge in [-0.3, -0.25) is 0 Å². The maximum absolute atomic E-state index is 15.2. The predicted molar refractivity (Wildman–Crippen MR) is 140 cm³/mol. The molecular weight excluding hydrogens is 490 g/mol. The SMILES string of the molecule is COc1nc2nc(OC[C@@H]3CCCN3C)nc(N[C@H](C)c3cccc(C(C)F)c3F)c2cc1C1(C#N)CC1. The molecule has 0 bridgehead atoms. The molecule has 0 radical (unpaired) electrons. The van der Waals surface area contributed by atoms with Crippen LogP contribution in [0.3, 0.4) is 0 Å². The van der Waals surface area contributed by atoms with Crippen molar-refractivity contribution in [3.63, 3.8) is 0 Å². The summed E-state index contributed by atoms with van der Waals surface area (Å²) in [4.78, 5) is 16.1. The number of methoxy groups -OCH3 is 1. The first-order chi connectivity index (χ1) is 18.3. The van der Waals surface area contributed by atoms with E-state index in [1.54, 1.807) is 19.1 Å². The second-order valence-corrected chi connectivity index (χ2v) is 10.3. The average Bonchev–Trinajstić information content (AvgIpc) is 3.60. The third-order valence-electron chi connectivity index (χ3n) is 7.69. The van der Waals surface area contributed by atoms with Crippen LogP contribution < -0.4 is 14.8 Å². The standard InChI is InChI=1S/C28H32F2N6O2/c1-16(29)19-8-5-9-20(23(19)30)17(2)32-24-21-13-22(28(15-31)10-11-28)26(37-4)33-25(21)35-27(34-24)38-14-18-7-6-12-36(18)3/h5,8-9,13,16-18H,6-7,10-12,14H2,1-4H3,(H,32,33,34,35)/t16?,17-,18+/m1/s1. The summed E-state index contributed by atoms with van der Waals surface area (Å²) < 4.78 is 40.7. The molecule has 0 amide bonds. The Morgan fingerprint density at radius 1 is 1.24 bits per heavy atom. The van der Waals surface area contributed by atoms with Crippen LogP contribution in [0.4, 0.5) is 14.6 Å². The number of aromatic nitrogens is 3. The van der Waals surface area contributed by atoms with Crippen molar-refractivity contribution in [2.75, 3.05) is 32.6 Å². The van der Waals surface area contributed by atoms with E-state index in [9.17, 15) is 9.65 Å². The number of benzene rings is 1. The maximum atomic E-state index is 15.2. The van der Waals surface area contributed by atoms with Gasteiger partial charge in [-0.1, -0.05) is 18.2 Å². The maximum Gasteiger partial charge on any atom is 0.320 e. The van der Waals surface area contributed by atoms with E-state index in [0.29, 0.717) is 53.3 Å². The highest BCUT2D eigenvalue weighted by atomic mass is 19.1. The Balaban J connectivity index is 1.56. The smallest absolute Gasteiger partial charge is 0.320 e. The van der Waals surface area contributed by atoms with Gasteiger partial charge in [0.05, 0.1) is 30.0 Å². The van der Waals surface area contributed by atoms with Crippen LogP contribution >= 0.6 is 0 Å². The molecule has 3 aromatic rings. The number of hydrogen-bond donors (Lipinski definition) is 1. The minimum absolute atomic E-state index is 0.00628. The van der Waals surface area contributed by atoms with Gasteiger partial charge >= 0.3 is 6.01 Å². The summed E-state index contributed by atoms with van der Waals surface area (Å²) in [5.74, 6) is 0.135. The molecule has 2 aliphatic rings. The van der Waals surface area contributed by atoms with Crippen LogP contribution in [-0.4, -0.2) is 53.2 Å². The number of anilines is 1. The first-order valence-corrected chi connectivity index (χ1v) is 13.0. The van der Waals surface area contributed by atoms with Crippen LogP contribution in [0.25, 0.3) is 11.0 Å². The summed E-state index contributed by atoms with van der Waals surface area (Å²) in [6, 6.07) is 8.78. The molecule has 1 saturated carbocycles. The summed E-state index contributed by atoms with van der Waals surface area (Å²) >= 11 is 0. The molecule has 3 atom stereocenters. The van der Waals surface area contributed by atoms with Gasteiger partial charge in [-0.2, -0.15) is 20.2 Å². The fraction of sp³-hybridized carbons (Fsp3) is 0.500. The lowest BCUT2D eigenvalue weighted by atomic mass is 9.97. The molecule has 2 fully saturated rings. The monoisotopic (exact) mass is 522 g/mol. The number of alkyl halides is 1. The Labute approximate surface area is 221 Å². The van der Waals surface area contributed by atoms with Gasteiger partial charge in [0.25, 0.3) is 0 Å². The minimum Gasteiger partial charge on any atom is -0.481 e. The molecule has 200 valence electrons. The second-order valence-electron chi connectivity index (χ2n) is 10.3. The number of hydrogen-bond acceptors (Lipinski definition) is 8. The number of likely N-dealkylation sites (tertiary alicyclic amines) is 1. The van der Waals surface area contributed by atoms with Crippen LogP contribution in [-0.2, 0) is 5.41 Å². The van der Waals surface area contributed by atoms with E-state index < -0.39 is 23.4 Å². The Morgan fingerprint density at radius 2 is 2.00 bits per heavy atom. The summed E-state index contributed by atoms with van der Waals surface area (Å²) in [5, 5.41) is 13.7. The Morgan fingerprint density at radius 3 is 2.63 bits per heavy atom. The quantitative estimate of drug-likeness (QED) is 0.399. The van der Waals surface area contributed by atoms with Crippen LogP contribution in [0, 0.1) is 17.1 Å². The lowest BCUT2D eigenvalue weighted by molar-refractivity contribution is 0.188. The molecule has 1 aromatic carbocycles. The molecule has 1 unspecified atom stereocenters. The van der Waals surface area contributed by atoms with Crippen LogP contribution in [0.5, 0.6) is 11.9 Å². The molecule has 1 N–H and O–H groups in total. The van der Waals surface area contributed by atoms with Gasteiger partial charge < -0.3 is 19.7 Å². The van der Waals surface area contributed by atoms with E-state index in [0.717, 1.165) is 19.4 Å². The molecule has 0 spiro atoms. The number of ether oxygens (including phenoxy) is 2. The van der Waals surface area contributed by atoms with Crippen molar-refractivity contribution in [2.45, 2.75) is 63.2 Å². The number of nitrogens with one attached hydrogen (secondary N) is 1. The summed E-state index contributed by atoms with van der Waals surface area (Å²) in [7, 11) is 3.58. The van der Waals surface area contributed by atoms with E-state index in [1.807, 2.05) is 6.07 Å². The zero-order chi connectivity index (χ0) is 27.0. The molecule has 3 heterocycles. The Bertz CT molecular complexity index is 1390. The van der Waals surface area contributed by atoms with Gasteiger partial charge in [0.1, 0.15) is 24.4 Å². The predicted octanol–water partition coefficient (Wildman–Crippen LogP) is 5.40. The second kappa shape index (κ2) is 10.3. The van der Waals surface area contributed by atoms with Crippen molar-refractivity contribution in [3.05, 3.63) is 46.8 Å². The fourth-order valence-corrected chi connectivity index (χ4v) is 5.11. The van der Waals surface area contributed by atoms with E-state index in [-0.39, 0.29) is 17.6 Å². The number of rotatable bonds is 9. The van der Waals surface area contributed by atoms with Crippen molar-refractivity contribution in [1.82, 2.24) is 19.9 Å². The number of nitrogens with zero attached hydrogens (tertiary/aromatic N) is 5. The van der Waals surface area contributed by atoms with Crippen molar-refractivity contribution in [2.24, 2.45) is 0 Å². The van der Waals surface area contributed by atoms with E-state index in [2.05, 4.69) is 38.3 Å². The first kappa shape index (κ1) is 26.0. The third kappa shape index (κ3) is 4.83. The number of nitriles is 1. The highest BCUT2D eigenvalue weighted by Crippen LogP contribution is 2.51. The summed E-state index contributed by atoms with van der Waals surface area (Å²) in [6.45, 7) is 4.53. The van der Waals surface area contributed by atoms with E-state index >= 15 is 4.39 Å². The highest BCUT2D eigenvalue weighted by Gasteiger charge is 2.47. The third-order valence-corrected chi connectivity index (χ3v) is 7.69. The average molecular weight is 523 g/mol. The number of likely N-dealkylation sites (N-methyl/N-ethyl adjacent to an activating group) is 1. The normalized spacial score (nSPS) is 20.1. The van der Waals surface area contributed by atoms with Crippen LogP contribution in [0.15, 0.2) is 24.3 Å². The molecule has 1 aliphatic carbocycles. The molecule has 1 saturated heterocycles. The summed E-state index contributed by atoms with van der Waals surface area (Å²) in [5.41, 5.74) is 0.674. The van der Waals surface area contributed by atoms with Gasteiger partial charge in [-0.15, -0.1) is 0 Å². The number of halogens is 2. The van der Waals surface area contributed by atoms with E-state index in [1.165, 1.54) is 20.1 Å². The Kier molecular flexibility index (Phi) is 7.05. The van der Waals surface area contributed by atoms with Crippen LogP contribution in [0.2, 0.25) is 0 Å². The van der Waals surface area contributed by atoms with Gasteiger partial charge in [-0.25, -0.2) is 8.78 Å². The number of pyridine rings is 1. The van der Waals surface area contributed by atoms with Crippen LogP contribution in [0.1, 0.15) is 68.4 Å². The Hall–Kier alpha value is -3.58. The van der Waals surface area contributed by atoms with Crippen molar-refractivity contribution in [3.8, 4) is 18.0 Å². The molecule has 5 rings (SSSR count). The van der Waals surface area contributed by atoms with Crippen molar-refractivity contribution in [1.29, 1.82) is 5.26 Å². The van der Waals surface area contributed by atoms with Gasteiger partial charge in [0, 0.05) is 22.7 Å². The van der Waals surface area contributed by atoms with Crippen molar-refractivity contribution < 1.29 is 18.3 Å². The molecule has 2 aromatic heterocycles. The molecule has 8 nitrogen and oxygen atoms in total. The molecule has 38 heavy (non-hydrogen) atoms. The van der Waals surface area contributed by atoms with Gasteiger partial charge in [-0.05, 0) is 59.2 Å². The van der Waals surface area contributed by atoms with E-state index in [4.69, 9.17) is 9.47 Å². The number of fused-ring (bicyclic) bond motifs is 1. The van der Waals surface area contributed by atoms with Gasteiger partial charge in [0.2, 0.25) is 5.88 Å².